The van der Waals surface area contributed by atoms with Gasteiger partial charge in [-0.15, -0.1) is 0 Å². The zero-order valence-electron chi connectivity index (χ0n) is 8.17. The molecule has 0 aliphatic carbocycles. The van der Waals surface area contributed by atoms with Crippen molar-refractivity contribution in [3.05, 3.63) is 37.1 Å². The van der Waals surface area contributed by atoms with Crippen LogP contribution < -0.4 is 0 Å². The monoisotopic (exact) mass is 163 g/mol. The normalized spacial score (nSPS) is 13.4. The quantitative estimate of drug-likeness (QED) is 0.447. The van der Waals surface area contributed by atoms with Gasteiger partial charge in [0.05, 0.1) is 0 Å². The molecule has 0 amide bonds. The Bertz CT molecular complexity index is 214. The Morgan fingerprint density at radius 2 is 1.83 bits per heavy atom. The van der Waals surface area contributed by atoms with Gasteiger partial charge in [0.25, 0.3) is 0 Å². The summed E-state index contributed by atoms with van der Waals surface area (Å²) in [4.78, 5) is 4.05. The highest BCUT2D eigenvalue weighted by Gasteiger charge is 2.13. The Hall–Kier alpha value is -1.11. The maximum absolute atomic E-state index is 4.05. The van der Waals surface area contributed by atoms with Gasteiger partial charge in [0.1, 0.15) is 0 Å². The van der Waals surface area contributed by atoms with E-state index in [0.29, 0.717) is 0 Å². The molecule has 0 saturated heterocycles. The second-order valence-corrected chi connectivity index (χ2v) is 3.57. The van der Waals surface area contributed by atoms with E-state index in [1.165, 1.54) is 0 Å². The molecule has 0 aliphatic heterocycles. The predicted octanol–water partition coefficient (Wildman–Crippen LogP) is 3.36. The summed E-state index contributed by atoms with van der Waals surface area (Å²) in [5.41, 5.74) is 1.24. The molecule has 0 heterocycles. The smallest absolute Gasteiger partial charge is 0.0304 e. The highest BCUT2D eigenvalue weighted by molar-refractivity contribution is 5.70. The van der Waals surface area contributed by atoms with Crippen LogP contribution in [0.3, 0.4) is 0 Å². The standard InChI is InChI=1S/C11H17N/c1-6-8-12-9-10(7-2)11(3,4)5/h6-9H,1-2H2,3-5H3/b10-9+,12-8?. The molecule has 1 heteroatoms. The van der Waals surface area contributed by atoms with Crippen molar-refractivity contribution in [2.75, 3.05) is 0 Å². The zero-order chi connectivity index (χ0) is 9.61. The molecular weight excluding hydrogens is 146 g/mol. The number of nitrogens with zero attached hydrogens (tertiary/aromatic N) is 1. The molecule has 66 valence electrons. The van der Waals surface area contributed by atoms with Gasteiger partial charge in [0, 0.05) is 12.4 Å². The minimum Gasteiger partial charge on any atom is -0.264 e. The number of hydrogen-bond donors (Lipinski definition) is 0. The highest BCUT2D eigenvalue weighted by Crippen LogP contribution is 2.25. The van der Waals surface area contributed by atoms with Gasteiger partial charge >= 0.3 is 0 Å². The van der Waals surface area contributed by atoms with Crippen LogP contribution in [-0.4, -0.2) is 6.21 Å². The zero-order valence-corrected chi connectivity index (χ0v) is 8.17. The topological polar surface area (TPSA) is 12.4 Å². The Morgan fingerprint density at radius 1 is 1.25 bits per heavy atom. The van der Waals surface area contributed by atoms with E-state index in [2.05, 4.69) is 38.9 Å². The molecule has 0 aromatic carbocycles. The van der Waals surface area contributed by atoms with E-state index in [1.54, 1.807) is 12.3 Å². The summed E-state index contributed by atoms with van der Waals surface area (Å²) in [6, 6.07) is 0. The van der Waals surface area contributed by atoms with Gasteiger partial charge in [-0.25, -0.2) is 0 Å². The van der Waals surface area contributed by atoms with Crippen molar-refractivity contribution in [1.82, 2.24) is 0 Å². The van der Waals surface area contributed by atoms with Crippen molar-refractivity contribution in [3.8, 4) is 0 Å². The van der Waals surface area contributed by atoms with E-state index < -0.39 is 0 Å². The molecule has 1 nitrogen and oxygen atoms in total. The van der Waals surface area contributed by atoms with E-state index in [0.717, 1.165) is 5.57 Å². The van der Waals surface area contributed by atoms with Crippen molar-refractivity contribution >= 4 is 6.21 Å². The summed E-state index contributed by atoms with van der Waals surface area (Å²) in [6.07, 6.45) is 6.96. The fourth-order valence-electron chi connectivity index (χ4n) is 0.737. The fraction of sp³-hybridized carbons (Fsp3) is 0.364. The molecular formula is C11H17N. The summed E-state index contributed by atoms with van der Waals surface area (Å²) in [7, 11) is 0. The van der Waals surface area contributed by atoms with Crippen LogP contribution in [0.1, 0.15) is 20.8 Å². The third-order valence-corrected chi connectivity index (χ3v) is 1.49. The Kier molecular flexibility index (Phi) is 4.27. The molecule has 0 bridgehead atoms. The second-order valence-electron chi connectivity index (χ2n) is 3.57. The lowest BCUT2D eigenvalue weighted by atomic mass is 9.87. The molecule has 12 heavy (non-hydrogen) atoms. The Labute approximate surface area is 75.2 Å². The SMILES string of the molecule is C=CC=N/C=C(\C=C)C(C)(C)C. The first-order chi connectivity index (χ1) is 5.52. The molecule has 0 rings (SSSR count). The van der Waals surface area contributed by atoms with E-state index in [9.17, 15) is 0 Å². The highest BCUT2D eigenvalue weighted by atomic mass is 14.7. The summed E-state index contributed by atoms with van der Waals surface area (Å²) in [5, 5.41) is 0. The van der Waals surface area contributed by atoms with Gasteiger partial charge in [-0.2, -0.15) is 0 Å². The second kappa shape index (κ2) is 4.70. The number of hydrogen-bond acceptors (Lipinski definition) is 1. The van der Waals surface area contributed by atoms with Crippen molar-refractivity contribution in [1.29, 1.82) is 0 Å². The average Bonchev–Trinajstić information content (AvgIpc) is 1.95. The molecule has 0 unspecified atom stereocenters. The summed E-state index contributed by atoms with van der Waals surface area (Å²) >= 11 is 0. The molecule has 0 fully saturated rings. The molecule has 0 radical (unpaired) electrons. The minimum atomic E-state index is 0.111. The number of aliphatic imine (C=N–C) groups is 1. The van der Waals surface area contributed by atoms with Crippen LogP contribution in [0.2, 0.25) is 0 Å². The van der Waals surface area contributed by atoms with Gasteiger partial charge in [0.2, 0.25) is 0 Å². The van der Waals surface area contributed by atoms with Crippen molar-refractivity contribution in [2.45, 2.75) is 20.8 Å². The van der Waals surface area contributed by atoms with E-state index >= 15 is 0 Å². The molecule has 0 atom stereocenters. The van der Waals surface area contributed by atoms with Crippen LogP contribution in [-0.2, 0) is 0 Å². The molecule has 0 aromatic heterocycles. The van der Waals surface area contributed by atoms with Crippen molar-refractivity contribution in [2.24, 2.45) is 10.4 Å². The van der Waals surface area contributed by atoms with Gasteiger partial charge in [-0.1, -0.05) is 46.1 Å². The lowest BCUT2D eigenvalue weighted by Crippen LogP contribution is -2.06. The third-order valence-electron chi connectivity index (χ3n) is 1.49. The number of allylic oxidation sites excluding steroid dienone is 3. The molecule has 0 aliphatic rings. The third kappa shape index (κ3) is 3.91. The first-order valence-electron chi connectivity index (χ1n) is 3.99. The van der Waals surface area contributed by atoms with Crippen LogP contribution >= 0.6 is 0 Å². The van der Waals surface area contributed by atoms with Crippen LogP contribution in [0.25, 0.3) is 0 Å². The van der Waals surface area contributed by atoms with Crippen LogP contribution in [0.5, 0.6) is 0 Å². The van der Waals surface area contributed by atoms with E-state index in [-0.39, 0.29) is 5.41 Å². The summed E-state index contributed by atoms with van der Waals surface area (Å²) in [5.74, 6) is 0. The lowest BCUT2D eigenvalue weighted by molar-refractivity contribution is 0.516. The van der Waals surface area contributed by atoms with Crippen molar-refractivity contribution < 1.29 is 0 Å². The molecule has 0 spiro atoms. The Morgan fingerprint density at radius 3 is 2.17 bits per heavy atom. The summed E-state index contributed by atoms with van der Waals surface area (Å²) < 4.78 is 0. The first-order valence-corrected chi connectivity index (χ1v) is 3.99. The first kappa shape index (κ1) is 10.9. The minimum absolute atomic E-state index is 0.111. The largest absolute Gasteiger partial charge is 0.264 e. The van der Waals surface area contributed by atoms with Gasteiger partial charge in [-0.3, -0.25) is 4.99 Å². The summed E-state index contributed by atoms with van der Waals surface area (Å²) in [6.45, 7) is 13.7. The molecule has 0 saturated carbocycles. The maximum atomic E-state index is 4.05. The van der Waals surface area contributed by atoms with Crippen molar-refractivity contribution in [3.63, 3.8) is 0 Å². The Balaban J connectivity index is 4.55. The van der Waals surface area contributed by atoms with Crippen LogP contribution in [0.4, 0.5) is 0 Å². The van der Waals surface area contributed by atoms with Gasteiger partial charge < -0.3 is 0 Å². The number of rotatable bonds is 3. The lowest BCUT2D eigenvalue weighted by Gasteiger charge is -2.18. The fourth-order valence-corrected chi connectivity index (χ4v) is 0.737. The van der Waals surface area contributed by atoms with Crippen LogP contribution in [0.15, 0.2) is 42.1 Å². The maximum Gasteiger partial charge on any atom is 0.0304 e. The van der Waals surface area contributed by atoms with Gasteiger partial charge in [-0.05, 0) is 11.0 Å². The van der Waals surface area contributed by atoms with E-state index in [4.69, 9.17) is 0 Å². The van der Waals surface area contributed by atoms with E-state index in [1.807, 2.05) is 12.3 Å². The van der Waals surface area contributed by atoms with Crippen LogP contribution in [0, 0.1) is 5.41 Å². The predicted molar refractivity (Wildman–Crippen MR) is 56.4 cm³/mol. The van der Waals surface area contributed by atoms with Gasteiger partial charge in [0.15, 0.2) is 0 Å². The molecule has 0 aromatic rings. The molecule has 0 N–H and O–H groups in total. The average molecular weight is 163 g/mol.